The molecule has 0 aliphatic heterocycles. The second-order valence-electron chi connectivity index (χ2n) is 11.9. The van der Waals surface area contributed by atoms with Crippen LogP contribution in [0.25, 0.3) is 33.5 Å². The molecule has 0 bridgehead atoms. The van der Waals surface area contributed by atoms with Crippen molar-refractivity contribution in [3.63, 3.8) is 0 Å². The largest absolute Gasteiger partial charge is 0.248 e. The average Bonchev–Trinajstić information content (AvgIpc) is 3.07. The van der Waals surface area contributed by atoms with Gasteiger partial charge in [0.25, 0.3) is 0 Å². The van der Waals surface area contributed by atoms with Crippen LogP contribution in [-0.4, -0.2) is 15.0 Å². The SMILES string of the molecule is CC12CC3(C)C4(C)CC(C)(c5nc(-c6cccc(-c7ccc8ccccc8n7)c6)ncc51)C234. The number of nitrogens with zero attached hydrogens (tertiary/aromatic N) is 3. The van der Waals surface area contributed by atoms with Crippen LogP contribution in [0.5, 0.6) is 0 Å². The maximum absolute atomic E-state index is 5.29. The highest BCUT2D eigenvalue weighted by Crippen LogP contribution is 3.09. The summed E-state index contributed by atoms with van der Waals surface area (Å²) in [5.41, 5.74) is 8.69. The maximum atomic E-state index is 5.29. The Bertz CT molecular complexity index is 1550. The van der Waals surface area contributed by atoms with Crippen LogP contribution in [-0.2, 0) is 10.8 Å². The van der Waals surface area contributed by atoms with E-state index in [0.29, 0.717) is 16.2 Å². The molecule has 2 aromatic heterocycles. The van der Waals surface area contributed by atoms with Gasteiger partial charge in [-0.15, -0.1) is 0 Å². The molecule has 0 saturated heterocycles. The van der Waals surface area contributed by atoms with Crippen LogP contribution in [0.3, 0.4) is 0 Å². The lowest BCUT2D eigenvalue weighted by Crippen LogP contribution is -2.57. The Morgan fingerprint density at radius 2 is 1.48 bits per heavy atom. The highest BCUT2D eigenvalue weighted by Gasteiger charge is 3.06. The van der Waals surface area contributed by atoms with E-state index in [4.69, 9.17) is 15.0 Å². The second kappa shape index (κ2) is 5.04. The normalized spacial score (nSPS) is 38.7. The quantitative estimate of drug-likeness (QED) is 0.355. The number of hydrogen-bond donors (Lipinski definition) is 0. The first-order valence-corrected chi connectivity index (χ1v) is 12.1. The summed E-state index contributed by atoms with van der Waals surface area (Å²) in [6.45, 7) is 10.0. The van der Waals surface area contributed by atoms with Gasteiger partial charge in [0, 0.05) is 39.0 Å². The van der Waals surface area contributed by atoms with E-state index in [2.05, 4.69) is 88.5 Å². The molecule has 4 aromatic rings. The Balaban J connectivity index is 1.24. The Morgan fingerprint density at radius 1 is 0.727 bits per heavy atom. The van der Waals surface area contributed by atoms with Crippen LogP contribution >= 0.6 is 0 Å². The molecule has 0 N–H and O–H groups in total. The summed E-state index contributed by atoms with van der Waals surface area (Å²) in [5.74, 6) is 0.842. The summed E-state index contributed by atoms with van der Waals surface area (Å²) in [6.07, 6.45) is 4.71. The summed E-state index contributed by atoms with van der Waals surface area (Å²) < 4.78 is 0. The highest BCUT2D eigenvalue weighted by atomic mass is 15.1. The van der Waals surface area contributed by atoms with E-state index in [-0.39, 0.29) is 10.8 Å². The minimum absolute atomic E-state index is 0.189. The van der Waals surface area contributed by atoms with E-state index >= 15 is 0 Å². The van der Waals surface area contributed by atoms with Crippen molar-refractivity contribution >= 4 is 10.9 Å². The van der Waals surface area contributed by atoms with Gasteiger partial charge in [-0.2, -0.15) is 0 Å². The van der Waals surface area contributed by atoms with Crippen molar-refractivity contribution in [3.05, 3.63) is 78.1 Å². The van der Waals surface area contributed by atoms with Crippen LogP contribution in [0.2, 0.25) is 0 Å². The van der Waals surface area contributed by atoms with Crippen molar-refractivity contribution in [3.8, 4) is 22.6 Å². The third-order valence-corrected chi connectivity index (χ3v) is 10.8. The molecule has 3 fully saturated rings. The van der Waals surface area contributed by atoms with Gasteiger partial charge in [-0.3, -0.25) is 0 Å². The molecule has 3 saturated carbocycles. The molecule has 0 amide bonds. The van der Waals surface area contributed by atoms with E-state index in [9.17, 15) is 0 Å². The number of para-hydroxylation sites is 1. The summed E-state index contributed by atoms with van der Waals surface area (Å²) >= 11 is 0. The molecule has 4 aliphatic rings. The van der Waals surface area contributed by atoms with Gasteiger partial charge >= 0.3 is 0 Å². The number of fused-ring (bicyclic) bond motifs is 5. The van der Waals surface area contributed by atoms with Crippen molar-refractivity contribution in [2.24, 2.45) is 16.2 Å². The Labute approximate surface area is 194 Å². The lowest BCUT2D eigenvalue weighted by Gasteiger charge is -2.57. The van der Waals surface area contributed by atoms with Gasteiger partial charge < -0.3 is 0 Å². The van der Waals surface area contributed by atoms with Gasteiger partial charge in [0.1, 0.15) is 0 Å². The van der Waals surface area contributed by atoms with Gasteiger partial charge in [-0.25, -0.2) is 15.0 Å². The zero-order valence-corrected chi connectivity index (χ0v) is 19.6. The third-order valence-electron chi connectivity index (χ3n) is 10.8. The second-order valence-corrected chi connectivity index (χ2v) is 11.9. The number of benzene rings is 2. The topological polar surface area (TPSA) is 38.7 Å². The summed E-state index contributed by atoms with van der Waals surface area (Å²) in [7, 11) is 0. The molecule has 1 spiro atoms. The van der Waals surface area contributed by atoms with Crippen molar-refractivity contribution in [2.45, 2.75) is 51.4 Å². The van der Waals surface area contributed by atoms with Gasteiger partial charge in [-0.05, 0) is 47.4 Å². The fraction of sp³-hybridized carbons (Fsp3) is 0.367. The highest BCUT2D eigenvalue weighted by molar-refractivity contribution is 5.82. The average molecular weight is 430 g/mol. The molecule has 5 atom stereocenters. The lowest BCUT2D eigenvalue weighted by atomic mass is 9.45. The van der Waals surface area contributed by atoms with Crippen molar-refractivity contribution in [1.29, 1.82) is 0 Å². The Morgan fingerprint density at radius 3 is 2.30 bits per heavy atom. The van der Waals surface area contributed by atoms with Crippen LogP contribution < -0.4 is 0 Å². The van der Waals surface area contributed by atoms with E-state index < -0.39 is 0 Å². The smallest absolute Gasteiger partial charge is 0.159 e. The van der Waals surface area contributed by atoms with Crippen molar-refractivity contribution in [2.75, 3.05) is 0 Å². The number of rotatable bonds is 2. The molecular formula is C30H27N3. The third kappa shape index (κ3) is 1.59. The molecule has 8 rings (SSSR count). The summed E-state index contributed by atoms with van der Waals surface area (Å²) in [4.78, 5) is 15.1. The fourth-order valence-electron chi connectivity index (χ4n) is 10.2. The fourth-order valence-corrected chi connectivity index (χ4v) is 10.2. The molecule has 5 unspecified atom stereocenters. The zero-order valence-electron chi connectivity index (χ0n) is 19.6. The molecular weight excluding hydrogens is 402 g/mol. The Hall–Kier alpha value is -3.07. The predicted molar refractivity (Wildman–Crippen MR) is 131 cm³/mol. The first-order valence-electron chi connectivity index (χ1n) is 12.1. The zero-order chi connectivity index (χ0) is 22.4. The van der Waals surface area contributed by atoms with E-state index in [0.717, 1.165) is 33.5 Å². The molecule has 0 radical (unpaired) electrons. The summed E-state index contributed by atoms with van der Waals surface area (Å²) in [5, 5.41) is 1.16. The monoisotopic (exact) mass is 429 g/mol. The maximum Gasteiger partial charge on any atom is 0.159 e. The van der Waals surface area contributed by atoms with Crippen LogP contribution in [0.1, 0.15) is 51.8 Å². The van der Waals surface area contributed by atoms with Crippen LogP contribution in [0.15, 0.2) is 66.9 Å². The number of aromatic nitrogens is 3. The lowest BCUT2D eigenvalue weighted by molar-refractivity contribution is -0.0358. The summed E-state index contributed by atoms with van der Waals surface area (Å²) in [6, 6.07) is 21.1. The van der Waals surface area contributed by atoms with E-state index in [1.165, 1.54) is 24.1 Å². The van der Waals surface area contributed by atoms with Gasteiger partial charge in [0.05, 0.1) is 16.9 Å². The molecule has 2 heterocycles. The first kappa shape index (κ1) is 18.4. The van der Waals surface area contributed by atoms with Gasteiger partial charge in [0.15, 0.2) is 5.82 Å². The van der Waals surface area contributed by atoms with E-state index in [1.54, 1.807) is 0 Å². The molecule has 4 aliphatic carbocycles. The predicted octanol–water partition coefficient (Wildman–Crippen LogP) is 6.71. The number of hydrogen-bond acceptors (Lipinski definition) is 3. The molecule has 162 valence electrons. The molecule has 2 aromatic carbocycles. The number of pyridine rings is 1. The van der Waals surface area contributed by atoms with Gasteiger partial charge in [-0.1, -0.05) is 70.2 Å². The van der Waals surface area contributed by atoms with E-state index in [1.807, 2.05) is 6.07 Å². The van der Waals surface area contributed by atoms with Crippen LogP contribution in [0.4, 0.5) is 0 Å². The molecule has 3 nitrogen and oxygen atoms in total. The molecule has 33 heavy (non-hydrogen) atoms. The van der Waals surface area contributed by atoms with Crippen LogP contribution in [0, 0.1) is 16.2 Å². The standard InChI is InChI=1S/C30H27N3/c1-26-16-28(3)29(4)17-27(2,30(26,28)29)24-21(26)15-31-25(33-24)20-10-7-9-19(14-20)23-13-12-18-8-5-6-11-22(18)32-23/h5-15H,16-17H2,1-4H3. The molecule has 3 heteroatoms. The van der Waals surface area contributed by atoms with Gasteiger partial charge in [0.2, 0.25) is 0 Å². The van der Waals surface area contributed by atoms with Crippen molar-refractivity contribution < 1.29 is 0 Å². The van der Waals surface area contributed by atoms with Crippen molar-refractivity contribution in [1.82, 2.24) is 15.0 Å². The minimum Gasteiger partial charge on any atom is -0.248 e. The first-order chi connectivity index (χ1) is 15.8. The Kier molecular flexibility index (Phi) is 2.80. The minimum atomic E-state index is 0.189.